The average Bonchev–Trinajstić information content (AvgIpc) is 3.29. The Morgan fingerprint density at radius 3 is 2.87 bits per heavy atom. The van der Waals surface area contributed by atoms with Gasteiger partial charge in [0.15, 0.2) is 0 Å². The van der Waals surface area contributed by atoms with Gasteiger partial charge in [-0.3, -0.25) is 9.59 Å². The van der Waals surface area contributed by atoms with Crippen LogP contribution in [0.25, 0.3) is 10.9 Å². The lowest BCUT2D eigenvalue weighted by Crippen LogP contribution is -2.45. The van der Waals surface area contributed by atoms with Crippen LogP contribution in [0.4, 0.5) is 0 Å². The van der Waals surface area contributed by atoms with Crippen LogP contribution in [0.2, 0.25) is 0 Å². The van der Waals surface area contributed by atoms with Crippen molar-refractivity contribution < 1.29 is 13.2 Å². The first kappa shape index (κ1) is 20.7. The van der Waals surface area contributed by atoms with Crippen LogP contribution >= 0.6 is 11.3 Å². The number of carbonyl (C=O) groups is 1. The first-order valence-electron chi connectivity index (χ1n) is 9.63. The van der Waals surface area contributed by atoms with Crippen molar-refractivity contribution in [3.05, 3.63) is 58.0 Å². The van der Waals surface area contributed by atoms with Crippen molar-refractivity contribution >= 4 is 38.2 Å². The zero-order valence-corrected chi connectivity index (χ0v) is 18.1. The number of nitrogens with zero attached hydrogens (tertiary/aromatic N) is 3. The van der Waals surface area contributed by atoms with Crippen molar-refractivity contribution in [1.29, 1.82) is 0 Å². The molecule has 3 aromatic rings. The van der Waals surface area contributed by atoms with E-state index in [1.165, 1.54) is 20.5 Å². The topological polar surface area (TPSA) is 103 Å². The number of aromatic nitrogens is 2. The number of sulfonamides is 1. The van der Waals surface area contributed by atoms with Gasteiger partial charge in [0.05, 0.1) is 23.4 Å². The highest BCUT2D eigenvalue weighted by atomic mass is 32.2. The van der Waals surface area contributed by atoms with Crippen molar-refractivity contribution in [2.45, 2.75) is 23.6 Å². The summed E-state index contributed by atoms with van der Waals surface area (Å²) in [6.45, 7) is 0.714. The van der Waals surface area contributed by atoms with Crippen molar-refractivity contribution in [2.24, 2.45) is 5.92 Å². The Hall–Kier alpha value is -2.56. The summed E-state index contributed by atoms with van der Waals surface area (Å²) in [5.41, 5.74) is 0.324. The summed E-state index contributed by atoms with van der Waals surface area (Å²) >= 11 is 1.18. The Kier molecular flexibility index (Phi) is 5.72. The maximum Gasteiger partial charge on any atom is 0.258 e. The normalized spacial score (nSPS) is 17.8. The third-order valence-electron chi connectivity index (χ3n) is 5.25. The van der Waals surface area contributed by atoms with Crippen LogP contribution < -0.4 is 5.56 Å². The van der Waals surface area contributed by atoms with Gasteiger partial charge >= 0.3 is 0 Å². The Balaban J connectivity index is 1.48. The van der Waals surface area contributed by atoms with E-state index in [0.29, 0.717) is 40.3 Å². The van der Waals surface area contributed by atoms with Gasteiger partial charge in [-0.1, -0.05) is 18.2 Å². The molecule has 1 aromatic carbocycles. The van der Waals surface area contributed by atoms with Gasteiger partial charge in [-0.2, -0.15) is 4.31 Å². The van der Waals surface area contributed by atoms with Gasteiger partial charge in [0, 0.05) is 20.1 Å². The van der Waals surface area contributed by atoms with Crippen LogP contribution in [0.15, 0.2) is 50.8 Å². The minimum atomic E-state index is -3.58. The summed E-state index contributed by atoms with van der Waals surface area (Å²) in [5, 5.41) is 2.22. The van der Waals surface area contributed by atoms with Crippen molar-refractivity contribution in [3.8, 4) is 0 Å². The van der Waals surface area contributed by atoms with Gasteiger partial charge in [-0.15, -0.1) is 11.3 Å². The number of piperidine rings is 1. The fraction of sp³-hybridized carbons (Fsp3) is 0.350. The van der Waals surface area contributed by atoms with Crippen LogP contribution in [-0.2, 0) is 21.4 Å². The first-order chi connectivity index (χ1) is 14.4. The molecule has 158 valence electrons. The van der Waals surface area contributed by atoms with E-state index in [1.807, 2.05) is 0 Å². The SMILES string of the molecule is CN(Cc1nc2ccccc2c(=O)[nH]1)C(=O)C1CCCN(S(=O)(=O)c2cccs2)C1. The maximum atomic E-state index is 13.0. The highest BCUT2D eigenvalue weighted by molar-refractivity contribution is 7.91. The van der Waals surface area contributed by atoms with Gasteiger partial charge in [-0.25, -0.2) is 13.4 Å². The molecule has 0 spiro atoms. The predicted molar refractivity (Wildman–Crippen MR) is 115 cm³/mol. The largest absolute Gasteiger partial charge is 0.338 e. The van der Waals surface area contributed by atoms with Crippen LogP contribution in [-0.4, -0.2) is 53.6 Å². The molecule has 0 bridgehead atoms. The number of H-pyrrole nitrogens is 1. The third-order valence-corrected chi connectivity index (χ3v) is 8.49. The summed E-state index contributed by atoms with van der Waals surface area (Å²) in [6.07, 6.45) is 1.25. The summed E-state index contributed by atoms with van der Waals surface area (Å²) in [6, 6.07) is 10.3. The number of amides is 1. The van der Waals surface area contributed by atoms with E-state index < -0.39 is 15.9 Å². The molecule has 2 aromatic heterocycles. The minimum absolute atomic E-state index is 0.146. The molecule has 1 aliphatic rings. The molecule has 1 unspecified atom stereocenters. The Bertz CT molecular complexity index is 1220. The minimum Gasteiger partial charge on any atom is -0.338 e. The zero-order valence-electron chi connectivity index (χ0n) is 16.4. The summed E-state index contributed by atoms with van der Waals surface area (Å²) in [4.78, 5) is 33.9. The number of hydrogen-bond donors (Lipinski definition) is 1. The van der Waals surface area contributed by atoms with E-state index >= 15 is 0 Å². The lowest BCUT2D eigenvalue weighted by atomic mass is 9.98. The van der Waals surface area contributed by atoms with Gasteiger partial charge in [0.2, 0.25) is 5.91 Å². The van der Waals surface area contributed by atoms with E-state index in [4.69, 9.17) is 0 Å². The Morgan fingerprint density at radius 1 is 1.30 bits per heavy atom. The van der Waals surface area contributed by atoms with Gasteiger partial charge in [-0.05, 0) is 36.4 Å². The van der Waals surface area contributed by atoms with Crippen LogP contribution in [0.1, 0.15) is 18.7 Å². The molecule has 30 heavy (non-hydrogen) atoms. The number of aromatic amines is 1. The lowest BCUT2D eigenvalue weighted by molar-refractivity contribution is -0.136. The molecule has 0 radical (unpaired) electrons. The molecule has 3 heterocycles. The zero-order chi connectivity index (χ0) is 21.3. The number of thiophene rings is 1. The molecule has 10 heteroatoms. The maximum absolute atomic E-state index is 13.0. The number of fused-ring (bicyclic) bond motifs is 1. The van der Waals surface area contributed by atoms with E-state index in [1.54, 1.807) is 48.8 Å². The summed E-state index contributed by atoms with van der Waals surface area (Å²) in [7, 11) is -1.94. The second kappa shape index (κ2) is 8.29. The molecule has 1 fully saturated rings. The molecule has 1 N–H and O–H groups in total. The summed E-state index contributed by atoms with van der Waals surface area (Å²) in [5.74, 6) is -0.184. The Labute approximate surface area is 178 Å². The molecule has 1 saturated heterocycles. The van der Waals surface area contributed by atoms with Crippen LogP contribution in [0, 0.1) is 5.92 Å². The van der Waals surface area contributed by atoms with Gasteiger partial charge in [0.1, 0.15) is 10.0 Å². The molecule has 1 atom stereocenters. The molecule has 8 nitrogen and oxygen atoms in total. The smallest absolute Gasteiger partial charge is 0.258 e. The fourth-order valence-corrected chi connectivity index (χ4v) is 6.39. The standard InChI is InChI=1S/C20H22N4O4S2/c1-23(13-17-21-16-8-3-2-7-15(16)19(25)22-17)20(26)14-6-4-10-24(12-14)30(27,28)18-9-5-11-29-18/h2-3,5,7-9,11,14H,4,6,10,12-13H2,1H3,(H,21,22,25). The first-order valence-corrected chi connectivity index (χ1v) is 11.9. The van der Waals surface area contributed by atoms with Crippen LogP contribution in [0.3, 0.4) is 0 Å². The molecular weight excluding hydrogens is 424 g/mol. The number of rotatable bonds is 5. The van der Waals surface area contributed by atoms with Gasteiger partial charge in [0.25, 0.3) is 15.6 Å². The third kappa shape index (κ3) is 4.03. The van der Waals surface area contributed by atoms with Crippen molar-refractivity contribution in [2.75, 3.05) is 20.1 Å². The van der Waals surface area contributed by atoms with Crippen molar-refractivity contribution in [1.82, 2.24) is 19.2 Å². The quantitative estimate of drug-likeness (QED) is 0.646. The number of para-hydroxylation sites is 1. The fourth-order valence-electron chi connectivity index (χ4n) is 3.72. The van der Waals surface area contributed by atoms with E-state index in [2.05, 4.69) is 9.97 Å². The number of benzene rings is 1. The van der Waals surface area contributed by atoms with Gasteiger partial charge < -0.3 is 9.88 Å². The summed E-state index contributed by atoms with van der Waals surface area (Å²) < 4.78 is 27.3. The molecular formula is C20H22N4O4S2. The number of nitrogens with one attached hydrogen (secondary N) is 1. The monoisotopic (exact) mass is 446 g/mol. The number of carbonyl (C=O) groups excluding carboxylic acids is 1. The highest BCUT2D eigenvalue weighted by Crippen LogP contribution is 2.27. The molecule has 1 aliphatic heterocycles. The predicted octanol–water partition coefficient (Wildman–Crippen LogP) is 2.04. The molecule has 0 aliphatic carbocycles. The average molecular weight is 447 g/mol. The van der Waals surface area contributed by atoms with Crippen LogP contribution in [0.5, 0.6) is 0 Å². The second-order valence-corrected chi connectivity index (χ2v) is 10.5. The van der Waals surface area contributed by atoms with E-state index in [-0.39, 0.29) is 24.6 Å². The molecule has 4 rings (SSSR count). The second-order valence-electron chi connectivity index (χ2n) is 7.36. The van der Waals surface area contributed by atoms with E-state index in [0.717, 1.165) is 0 Å². The van der Waals surface area contributed by atoms with Crippen molar-refractivity contribution in [3.63, 3.8) is 0 Å². The molecule has 1 amide bonds. The lowest BCUT2D eigenvalue weighted by Gasteiger charge is -2.32. The number of hydrogen-bond acceptors (Lipinski definition) is 6. The molecule has 0 saturated carbocycles. The van der Waals surface area contributed by atoms with E-state index in [9.17, 15) is 18.0 Å². The Morgan fingerprint density at radius 2 is 2.10 bits per heavy atom. The highest BCUT2D eigenvalue weighted by Gasteiger charge is 2.35.